The Hall–Kier alpha value is -2.54. The molecular formula is C20H22F3N3O. The molecule has 1 amide bonds. The number of hydrogen-bond acceptors (Lipinski definition) is 3. The van der Waals surface area contributed by atoms with Gasteiger partial charge >= 0.3 is 6.18 Å². The average molecular weight is 377 g/mol. The molecule has 0 bridgehead atoms. The molecule has 1 aliphatic rings. The molecule has 0 unspecified atom stereocenters. The Morgan fingerprint density at radius 1 is 1.00 bits per heavy atom. The van der Waals surface area contributed by atoms with E-state index in [4.69, 9.17) is 0 Å². The maximum atomic E-state index is 12.6. The van der Waals surface area contributed by atoms with Crippen molar-refractivity contribution < 1.29 is 18.0 Å². The number of nitrogens with one attached hydrogen (secondary N) is 1. The van der Waals surface area contributed by atoms with Gasteiger partial charge in [0.25, 0.3) is 0 Å². The van der Waals surface area contributed by atoms with Gasteiger partial charge in [-0.25, -0.2) is 0 Å². The van der Waals surface area contributed by atoms with Gasteiger partial charge in [-0.2, -0.15) is 13.2 Å². The minimum Gasteiger partial charge on any atom is -0.367 e. The lowest BCUT2D eigenvalue weighted by Crippen LogP contribution is -2.44. The zero-order valence-corrected chi connectivity index (χ0v) is 15.1. The number of para-hydroxylation sites is 2. The van der Waals surface area contributed by atoms with Crippen molar-refractivity contribution in [3.63, 3.8) is 0 Å². The second-order valence-electron chi connectivity index (χ2n) is 6.73. The lowest BCUT2D eigenvalue weighted by molar-refractivity contribution is -0.137. The molecule has 27 heavy (non-hydrogen) atoms. The van der Waals surface area contributed by atoms with Crippen LogP contribution >= 0.6 is 0 Å². The minimum absolute atomic E-state index is 0.0230. The smallest absolute Gasteiger partial charge is 0.367 e. The zero-order chi connectivity index (χ0) is 19.4. The maximum absolute atomic E-state index is 12.6. The predicted octanol–water partition coefficient (Wildman–Crippen LogP) is 3.64. The van der Waals surface area contributed by atoms with Crippen LogP contribution in [-0.4, -0.2) is 44.0 Å². The van der Waals surface area contributed by atoms with E-state index in [9.17, 15) is 18.0 Å². The number of carbonyl (C=O) groups is 1. The van der Waals surface area contributed by atoms with Gasteiger partial charge in [0.1, 0.15) is 0 Å². The van der Waals surface area contributed by atoms with Gasteiger partial charge in [-0.15, -0.1) is 0 Å². The summed E-state index contributed by atoms with van der Waals surface area (Å²) >= 11 is 0. The quantitative estimate of drug-likeness (QED) is 0.884. The van der Waals surface area contributed by atoms with Crippen LogP contribution in [0.25, 0.3) is 0 Å². The van der Waals surface area contributed by atoms with Crippen molar-refractivity contribution in [2.75, 3.05) is 43.4 Å². The predicted molar refractivity (Wildman–Crippen MR) is 99.9 cm³/mol. The number of halogens is 3. The van der Waals surface area contributed by atoms with Crippen LogP contribution in [0.2, 0.25) is 0 Å². The van der Waals surface area contributed by atoms with Gasteiger partial charge in [-0.1, -0.05) is 24.3 Å². The van der Waals surface area contributed by atoms with E-state index < -0.39 is 11.7 Å². The number of amides is 1. The van der Waals surface area contributed by atoms with Gasteiger partial charge in [-0.05, 0) is 36.9 Å². The van der Waals surface area contributed by atoms with Crippen LogP contribution in [0.1, 0.15) is 11.1 Å². The summed E-state index contributed by atoms with van der Waals surface area (Å²) < 4.78 is 37.9. The van der Waals surface area contributed by atoms with E-state index >= 15 is 0 Å². The summed E-state index contributed by atoms with van der Waals surface area (Å²) in [6.07, 6.45) is -4.35. The molecule has 0 aromatic heterocycles. The van der Waals surface area contributed by atoms with Crippen molar-refractivity contribution >= 4 is 17.3 Å². The molecular weight excluding hydrogens is 355 g/mol. The lowest BCUT2D eigenvalue weighted by Gasteiger charge is -2.35. The van der Waals surface area contributed by atoms with E-state index in [-0.39, 0.29) is 12.3 Å². The molecule has 0 aliphatic carbocycles. The first kappa shape index (κ1) is 19.2. The van der Waals surface area contributed by atoms with Gasteiger partial charge in [0.05, 0.1) is 23.4 Å². The van der Waals surface area contributed by atoms with Crippen molar-refractivity contribution in [2.45, 2.75) is 12.6 Å². The van der Waals surface area contributed by atoms with Gasteiger partial charge in [0, 0.05) is 26.2 Å². The van der Waals surface area contributed by atoms with Crippen LogP contribution < -0.4 is 10.2 Å². The molecule has 0 atom stereocenters. The van der Waals surface area contributed by atoms with Crippen molar-refractivity contribution in [3.8, 4) is 0 Å². The summed E-state index contributed by atoms with van der Waals surface area (Å²) in [5.41, 5.74) is 1.51. The zero-order valence-electron chi connectivity index (χ0n) is 15.1. The van der Waals surface area contributed by atoms with E-state index in [2.05, 4.69) is 22.2 Å². The third-order valence-corrected chi connectivity index (χ3v) is 4.67. The van der Waals surface area contributed by atoms with E-state index in [0.29, 0.717) is 5.56 Å². The number of nitrogens with zero attached hydrogens (tertiary/aromatic N) is 2. The first-order valence-corrected chi connectivity index (χ1v) is 8.81. The number of piperazine rings is 1. The largest absolute Gasteiger partial charge is 0.416 e. The summed E-state index contributed by atoms with van der Waals surface area (Å²) in [7, 11) is 2.08. The Labute approximate surface area is 156 Å². The molecule has 3 rings (SSSR count). The summed E-state index contributed by atoms with van der Waals surface area (Å²) in [5.74, 6) is -0.253. The highest BCUT2D eigenvalue weighted by Gasteiger charge is 2.30. The molecule has 1 heterocycles. The van der Waals surface area contributed by atoms with Gasteiger partial charge in [0.2, 0.25) is 5.91 Å². The SMILES string of the molecule is CN1CCN(c2ccccc2NC(=O)Cc2ccc(C(F)(F)F)cc2)CC1. The number of likely N-dealkylation sites (N-methyl/N-ethyl adjacent to an activating group) is 1. The Kier molecular flexibility index (Phi) is 5.70. The molecule has 144 valence electrons. The number of rotatable bonds is 4. The summed E-state index contributed by atoms with van der Waals surface area (Å²) in [4.78, 5) is 16.9. The van der Waals surface area contributed by atoms with Crippen LogP contribution in [0.4, 0.5) is 24.5 Å². The third-order valence-electron chi connectivity index (χ3n) is 4.67. The van der Waals surface area contributed by atoms with Gasteiger partial charge in [0.15, 0.2) is 0 Å². The Morgan fingerprint density at radius 2 is 1.63 bits per heavy atom. The Bertz CT molecular complexity index is 782. The number of alkyl halides is 3. The highest BCUT2D eigenvalue weighted by atomic mass is 19.4. The van der Waals surface area contributed by atoms with E-state index in [0.717, 1.165) is 49.7 Å². The van der Waals surface area contributed by atoms with Crippen molar-refractivity contribution in [3.05, 3.63) is 59.7 Å². The first-order valence-electron chi connectivity index (χ1n) is 8.81. The Balaban J connectivity index is 1.66. The van der Waals surface area contributed by atoms with Crippen molar-refractivity contribution in [1.29, 1.82) is 0 Å². The molecule has 2 aromatic carbocycles. The molecule has 0 radical (unpaired) electrons. The highest BCUT2D eigenvalue weighted by Crippen LogP contribution is 2.29. The standard InChI is InChI=1S/C20H22F3N3O/c1-25-10-12-26(13-11-25)18-5-3-2-4-17(18)24-19(27)14-15-6-8-16(9-7-15)20(21,22)23/h2-9H,10-14H2,1H3,(H,24,27). The lowest BCUT2D eigenvalue weighted by atomic mass is 10.1. The fourth-order valence-electron chi connectivity index (χ4n) is 3.09. The topological polar surface area (TPSA) is 35.6 Å². The molecule has 7 heteroatoms. The van der Waals surface area contributed by atoms with Gasteiger partial charge < -0.3 is 15.1 Å². The highest BCUT2D eigenvalue weighted by molar-refractivity contribution is 5.95. The fourth-order valence-corrected chi connectivity index (χ4v) is 3.09. The maximum Gasteiger partial charge on any atom is 0.416 e. The number of carbonyl (C=O) groups excluding carboxylic acids is 1. The van der Waals surface area contributed by atoms with Crippen molar-refractivity contribution in [2.24, 2.45) is 0 Å². The number of anilines is 2. The molecule has 0 spiro atoms. The molecule has 1 N–H and O–H groups in total. The molecule has 4 nitrogen and oxygen atoms in total. The van der Waals surface area contributed by atoms with Crippen LogP contribution in [-0.2, 0) is 17.4 Å². The van der Waals surface area contributed by atoms with Crippen LogP contribution in [0.3, 0.4) is 0 Å². The first-order chi connectivity index (χ1) is 12.8. The van der Waals surface area contributed by atoms with Crippen LogP contribution in [0.15, 0.2) is 48.5 Å². The normalized spacial score (nSPS) is 15.6. The van der Waals surface area contributed by atoms with E-state index in [1.807, 2.05) is 24.3 Å². The average Bonchev–Trinajstić information content (AvgIpc) is 2.62. The van der Waals surface area contributed by atoms with Crippen LogP contribution in [0, 0.1) is 0 Å². The van der Waals surface area contributed by atoms with E-state index in [1.165, 1.54) is 12.1 Å². The third kappa shape index (κ3) is 5.01. The summed E-state index contributed by atoms with van der Waals surface area (Å²) in [5, 5.41) is 2.90. The van der Waals surface area contributed by atoms with Gasteiger partial charge in [-0.3, -0.25) is 4.79 Å². The molecule has 0 saturated carbocycles. The van der Waals surface area contributed by atoms with Crippen molar-refractivity contribution in [1.82, 2.24) is 4.90 Å². The second-order valence-corrected chi connectivity index (χ2v) is 6.73. The fraction of sp³-hybridized carbons (Fsp3) is 0.350. The number of hydrogen-bond donors (Lipinski definition) is 1. The minimum atomic E-state index is -4.37. The molecule has 1 saturated heterocycles. The second kappa shape index (κ2) is 8.00. The van der Waals surface area contributed by atoms with E-state index in [1.54, 1.807) is 0 Å². The molecule has 2 aromatic rings. The summed E-state index contributed by atoms with van der Waals surface area (Å²) in [6.45, 7) is 3.66. The number of benzene rings is 2. The molecule has 1 aliphatic heterocycles. The Morgan fingerprint density at radius 3 is 2.26 bits per heavy atom. The molecule has 1 fully saturated rings. The monoisotopic (exact) mass is 377 g/mol. The summed E-state index contributed by atoms with van der Waals surface area (Å²) in [6, 6.07) is 12.3. The van der Waals surface area contributed by atoms with Crippen LogP contribution in [0.5, 0.6) is 0 Å².